The number of anilines is 1. The highest BCUT2D eigenvalue weighted by Crippen LogP contribution is 2.19. The molecule has 7 heteroatoms. The Morgan fingerprint density at radius 1 is 1.06 bits per heavy atom. The van der Waals surface area contributed by atoms with Gasteiger partial charge in [0.2, 0.25) is 0 Å². The summed E-state index contributed by atoms with van der Waals surface area (Å²) in [4.78, 5) is 23.3. The van der Waals surface area contributed by atoms with Crippen LogP contribution in [0.1, 0.15) is 21.5 Å². The molecular formula is C24H17BrN2O4. The first-order valence-corrected chi connectivity index (χ1v) is 9.98. The van der Waals surface area contributed by atoms with Gasteiger partial charge in [0.15, 0.2) is 0 Å². The van der Waals surface area contributed by atoms with Crippen molar-refractivity contribution < 1.29 is 19.4 Å². The molecule has 3 rings (SSSR count). The van der Waals surface area contributed by atoms with Crippen LogP contribution in [0, 0.1) is 11.3 Å². The number of carbonyl (C=O) groups excluding carboxylic acids is 1. The summed E-state index contributed by atoms with van der Waals surface area (Å²) in [6.45, 7) is 0.387. The second kappa shape index (κ2) is 10.2. The summed E-state index contributed by atoms with van der Waals surface area (Å²) in [5.41, 5.74) is 2.06. The van der Waals surface area contributed by atoms with E-state index in [1.54, 1.807) is 24.3 Å². The SMILES string of the molecule is N#C/C(=C\c1cccc(OCc2ccc(Br)cc2)c1)C(=O)Nc1ccc(C(=O)O)cc1. The standard InChI is InChI=1S/C24H17BrN2O4/c25-20-8-4-16(5-9-20)15-31-22-3-1-2-17(13-22)12-19(14-26)23(28)27-21-10-6-18(7-11-21)24(29)30/h1-13H,15H2,(H,27,28)(H,29,30)/b19-12+. The number of amides is 1. The van der Waals surface area contributed by atoms with Gasteiger partial charge in [-0.3, -0.25) is 4.79 Å². The first-order chi connectivity index (χ1) is 14.9. The number of hydrogen-bond donors (Lipinski definition) is 2. The predicted molar refractivity (Wildman–Crippen MR) is 121 cm³/mol. The Hall–Kier alpha value is -3.89. The molecule has 0 saturated heterocycles. The van der Waals surface area contributed by atoms with Crippen LogP contribution in [0.2, 0.25) is 0 Å². The fourth-order valence-corrected chi connectivity index (χ4v) is 2.92. The van der Waals surface area contributed by atoms with Gasteiger partial charge in [-0.2, -0.15) is 5.26 Å². The molecule has 0 aliphatic heterocycles. The van der Waals surface area contributed by atoms with Crippen molar-refractivity contribution in [2.24, 2.45) is 0 Å². The Bertz CT molecular complexity index is 1160. The predicted octanol–water partition coefficient (Wildman–Crippen LogP) is 5.27. The summed E-state index contributed by atoms with van der Waals surface area (Å²) in [6, 6.07) is 22.4. The molecule has 2 N–H and O–H groups in total. The maximum absolute atomic E-state index is 12.4. The molecule has 0 unspecified atom stereocenters. The normalized spacial score (nSPS) is 10.8. The Kier molecular flexibility index (Phi) is 7.20. The highest BCUT2D eigenvalue weighted by Gasteiger charge is 2.11. The number of hydrogen-bond acceptors (Lipinski definition) is 4. The van der Waals surface area contributed by atoms with E-state index in [-0.39, 0.29) is 11.1 Å². The van der Waals surface area contributed by atoms with Gasteiger partial charge >= 0.3 is 5.97 Å². The van der Waals surface area contributed by atoms with Gasteiger partial charge in [0.1, 0.15) is 24.0 Å². The van der Waals surface area contributed by atoms with E-state index in [0.717, 1.165) is 10.0 Å². The third-order valence-electron chi connectivity index (χ3n) is 4.24. The van der Waals surface area contributed by atoms with Gasteiger partial charge in [-0.1, -0.05) is 40.2 Å². The van der Waals surface area contributed by atoms with Crippen LogP contribution in [0.15, 0.2) is 82.8 Å². The summed E-state index contributed by atoms with van der Waals surface area (Å²) < 4.78 is 6.79. The van der Waals surface area contributed by atoms with Crippen molar-refractivity contribution in [2.75, 3.05) is 5.32 Å². The van der Waals surface area contributed by atoms with E-state index in [4.69, 9.17) is 9.84 Å². The minimum atomic E-state index is -1.06. The van der Waals surface area contributed by atoms with E-state index in [2.05, 4.69) is 21.2 Å². The third-order valence-corrected chi connectivity index (χ3v) is 4.77. The molecule has 0 saturated carbocycles. The van der Waals surface area contributed by atoms with Gasteiger partial charge in [-0.05, 0) is 65.7 Å². The number of aromatic carboxylic acids is 1. The topological polar surface area (TPSA) is 99.4 Å². The number of nitrogens with one attached hydrogen (secondary N) is 1. The Morgan fingerprint density at radius 3 is 2.42 bits per heavy atom. The number of carbonyl (C=O) groups is 2. The minimum absolute atomic E-state index is 0.0904. The smallest absolute Gasteiger partial charge is 0.335 e. The number of halogens is 1. The zero-order chi connectivity index (χ0) is 22.2. The van der Waals surface area contributed by atoms with Crippen LogP contribution >= 0.6 is 15.9 Å². The summed E-state index contributed by atoms with van der Waals surface area (Å²) >= 11 is 3.39. The van der Waals surface area contributed by atoms with Crippen molar-refractivity contribution in [3.05, 3.63) is 99.5 Å². The van der Waals surface area contributed by atoms with Crippen LogP contribution in [0.5, 0.6) is 5.75 Å². The number of carboxylic acids is 1. The second-order valence-electron chi connectivity index (χ2n) is 6.49. The lowest BCUT2D eigenvalue weighted by atomic mass is 10.1. The summed E-state index contributed by atoms with van der Waals surface area (Å²) in [5.74, 6) is -1.04. The molecule has 0 atom stereocenters. The van der Waals surface area contributed by atoms with Crippen molar-refractivity contribution in [3.8, 4) is 11.8 Å². The fourth-order valence-electron chi connectivity index (χ4n) is 2.65. The average molecular weight is 477 g/mol. The zero-order valence-electron chi connectivity index (χ0n) is 16.2. The number of ether oxygens (including phenoxy) is 1. The molecule has 3 aromatic carbocycles. The molecular weight excluding hydrogens is 460 g/mol. The molecule has 0 aliphatic carbocycles. The maximum Gasteiger partial charge on any atom is 0.335 e. The van der Waals surface area contributed by atoms with Crippen molar-refractivity contribution >= 4 is 39.6 Å². The summed E-state index contributed by atoms with van der Waals surface area (Å²) in [5, 5.41) is 20.9. The average Bonchev–Trinajstić information content (AvgIpc) is 2.77. The molecule has 0 bridgehead atoms. The van der Waals surface area contributed by atoms with Crippen molar-refractivity contribution in [3.63, 3.8) is 0 Å². The van der Waals surface area contributed by atoms with Crippen LogP contribution in [-0.4, -0.2) is 17.0 Å². The van der Waals surface area contributed by atoms with Crippen LogP contribution in [-0.2, 0) is 11.4 Å². The van der Waals surface area contributed by atoms with Crippen LogP contribution < -0.4 is 10.1 Å². The van der Waals surface area contributed by atoms with Crippen LogP contribution in [0.4, 0.5) is 5.69 Å². The van der Waals surface area contributed by atoms with E-state index >= 15 is 0 Å². The van der Waals surface area contributed by atoms with E-state index in [9.17, 15) is 14.9 Å². The summed E-state index contributed by atoms with van der Waals surface area (Å²) in [6.07, 6.45) is 1.47. The molecule has 0 radical (unpaired) electrons. The Morgan fingerprint density at radius 2 is 1.77 bits per heavy atom. The molecule has 6 nitrogen and oxygen atoms in total. The van der Waals surface area contributed by atoms with E-state index in [0.29, 0.717) is 23.6 Å². The lowest BCUT2D eigenvalue weighted by Crippen LogP contribution is -2.13. The first-order valence-electron chi connectivity index (χ1n) is 9.18. The highest BCUT2D eigenvalue weighted by molar-refractivity contribution is 9.10. The van der Waals surface area contributed by atoms with Gasteiger partial charge < -0.3 is 15.2 Å². The number of nitriles is 1. The Balaban J connectivity index is 1.68. The van der Waals surface area contributed by atoms with Crippen molar-refractivity contribution in [1.82, 2.24) is 0 Å². The molecule has 0 heterocycles. The number of nitrogens with zero attached hydrogens (tertiary/aromatic N) is 1. The molecule has 154 valence electrons. The van der Waals surface area contributed by atoms with E-state index < -0.39 is 11.9 Å². The summed E-state index contributed by atoms with van der Waals surface area (Å²) in [7, 11) is 0. The number of rotatable bonds is 7. The van der Waals surface area contributed by atoms with Gasteiger partial charge in [0.25, 0.3) is 5.91 Å². The minimum Gasteiger partial charge on any atom is -0.489 e. The zero-order valence-corrected chi connectivity index (χ0v) is 17.8. The van der Waals surface area contributed by atoms with Crippen LogP contribution in [0.25, 0.3) is 6.08 Å². The van der Waals surface area contributed by atoms with Crippen molar-refractivity contribution in [2.45, 2.75) is 6.61 Å². The van der Waals surface area contributed by atoms with E-state index in [1.165, 1.54) is 30.3 Å². The molecule has 0 aromatic heterocycles. The van der Waals surface area contributed by atoms with Crippen LogP contribution in [0.3, 0.4) is 0 Å². The molecule has 0 fully saturated rings. The monoisotopic (exact) mass is 476 g/mol. The van der Waals surface area contributed by atoms with E-state index in [1.807, 2.05) is 30.3 Å². The molecule has 0 aliphatic rings. The maximum atomic E-state index is 12.4. The van der Waals surface area contributed by atoms with Gasteiger partial charge in [0.05, 0.1) is 5.56 Å². The fraction of sp³-hybridized carbons (Fsp3) is 0.0417. The highest BCUT2D eigenvalue weighted by atomic mass is 79.9. The lowest BCUT2D eigenvalue weighted by Gasteiger charge is -2.08. The third kappa shape index (κ3) is 6.29. The lowest BCUT2D eigenvalue weighted by molar-refractivity contribution is -0.112. The number of carboxylic acid groups (broad SMARTS) is 1. The van der Waals surface area contributed by atoms with Gasteiger partial charge in [-0.15, -0.1) is 0 Å². The molecule has 31 heavy (non-hydrogen) atoms. The Labute approximate surface area is 187 Å². The molecule has 1 amide bonds. The first kappa shape index (κ1) is 21.8. The van der Waals surface area contributed by atoms with Crippen molar-refractivity contribution in [1.29, 1.82) is 5.26 Å². The molecule has 0 spiro atoms. The largest absolute Gasteiger partial charge is 0.489 e. The quantitative estimate of drug-likeness (QED) is 0.357. The second-order valence-corrected chi connectivity index (χ2v) is 7.41. The molecule has 3 aromatic rings. The number of benzene rings is 3. The van der Waals surface area contributed by atoms with Gasteiger partial charge in [-0.25, -0.2) is 4.79 Å². The van der Waals surface area contributed by atoms with Gasteiger partial charge in [0, 0.05) is 10.2 Å².